The van der Waals surface area contributed by atoms with Crippen LogP contribution in [0.4, 0.5) is 4.39 Å². The SMILES string of the molecule is O=C(c1cn(C2CCCCC2)nn1)N1CCCC1c1ccc(F)cc1. The highest BCUT2D eigenvalue weighted by atomic mass is 19.1. The molecule has 0 N–H and O–H groups in total. The fourth-order valence-corrected chi connectivity index (χ4v) is 4.09. The van der Waals surface area contributed by atoms with Crippen LogP contribution in [-0.2, 0) is 0 Å². The van der Waals surface area contributed by atoms with Gasteiger partial charge in [0.1, 0.15) is 5.82 Å². The lowest BCUT2D eigenvalue weighted by Crippen LogP contribution is -2.30. The van der Waals surface area contributed by atoms with Gasteiger partial charge in [-0.3, -0.25) is 4.79 Å². The Morgan fingerprint density at radius 3 is 2.56 bits per heavy atom. The molecule has 1 saturated heterocycles. The fourth-order valence-electron chi connectivity index (χ4n) is 4.09. The average Bonchev–Trinajstić information content (AvgIpc) is 3.32. The normalized spacial score (nSPS) is 21.6. The summed E-state index contributed by atoms with van der Waals surface area (Å²) in [6, 6.07) is 6.81. The molecule has 0 bridgehead atoms. The maximum atomic E-state index is 13.2. The standard InChI is InChI=1S/C19H23FN4O/c20-15-10-8-14(9-11-15)18-7-4-12-23(18)19(25)17-13-24(22-21-17)16-5-2-1-3-6-16/h8-11,13,16,18H,1-7,12H2. The lowest BCUT2D eigenvalue weighted by molar-refractivity contribution is 0.0729. The molecule has 1 atom stereocenters. The Kier molecular flexibility index (Phi) is 4.51. The summed E-state index contributed by atoms with van der Waals surface area (Å²) in [5, 5.41) is 8.35. The minimum Gasteiger partial charge on any atom is -0.330 e. The lowest BCUT2D eigenvalue weighted by Gasteiger charge is -2.24. The Morgan fingerprint density at radius 1 is 1.04 bits per heavy atom. The third-order valence-electron chi connectivity index (χ3n) is 5.45. The topological polar surface area (TPSA) is 51.0 Å². The van der Waals surface area contributed by atoms with Gasteiger partial charge in [0, 0.05) is 6.54 Å². The molecule has 2 aliphatic rings. The molecule has 0 spiro atoms. The van der Waals surface area contributed by atoms with Gasteiger partial charge in [0.2, 0.25) is 0 Å². The highest BCUT2D eigenvalue weighted by molar-refractivity contribution is 5.92. The molecule has 5 nitrogen and oxygen atoms in total. The Balaban J connectivity index is 1.51. The molecule has 1 aromatic carbocycles. The van der Waals surface area contributed by atoms with E-state index in [1.807, 2.05) is 9.58 Å². The summed E-state index contributed by atoms with van der Waals surface area (Å²) >= 11 is 0. The molecule has 25 heavy (non-hydrogen) atoms. The minimum atomic E-state index is -0.255. The highest BCUT2D eigenvalue weighted by Gasteiger charge is 2.32. The molecule has 0 radical (unpaired) electrons. The molecule has 1 saturated carbocycles. The van der Waals surface area contributed by atoms with Crippen LogP contribution in [0, 0.1) is 5.82 Å². The first-order valence-electron chi connectivity index (χ1n) is 9.20. The van der Waals surface area contributed by atoms with Gasteiger partial charge < -0.3 is 4.90 Å². The molecular formula is C19H23FN4O. The first-order valence-corrected chi connectivity index (χ1v) is 9.20. The number of carbonyl (C=O) groups is 1. The molecular weight excluding hydrogens is 319 g/mol. The van der Waals surface area contributed by atoms with Crippen LogP contribution in [0.15, 0.2) is 30.5 Å². The summed E-state index contributed by atoms with van der Waals surface area (Å²) in [7, 11) is 0. The number of hydrogen-bond donors (Lipinski definition) is 0. The summed E-state index contributed by atoms with van der Waals surface area (Å²) in [4.78, 5) is 14.8. The van der Waals surface area contributed by atoms with E-state index in [0.29, 0.717) is 18.3 Å². The molecule has 1 aliphatic carbocycles. The van der Waals surface area contributed by atoms with Crippen molar-refractivity contribution in [1.82, 2.24) is 19.9 Å². The quantitative estimate of drug-likeness (QED) is 0.850. The van der Waals surface area contributed by atoms with E-state index < -0.39 is 0 Å². The maximum absolute atomic E-state index is 13.2. The first-order chi connectivity index (χ1) is 12.2. The van der Waals surface area contributed by atoms with E-state index in [0.717, 1.165) is 31.2 Å². The van der Waals surface area contributed by atoms with Crippen LogP contribution in [0.3, 0.4) is 0 Å². The molecule has 2 fully saturated rings. The number of benzene rings is 1. The number of halogens is 1. The second-order valence-corrected chi connectivity index (χ2v) is 7.08. The molecule has 1 aromatic heterocycles. The third-order valence-corrected chi connectivity index (χ3v) is 5.45. The van der Waals surface area contributed by atoms with Crippen LogP contribution >= 0.6 is 0 Å². The van der Waals surface area contributed by atoms with Gasteiger partial charge in [-0.25, -0.2) is 9.07 Å². The van der Waals surface area contributed by atoms with Crippen LogP contribution in [0.2, 0.25) is 0 Å². The predicted molar refractivity (Wildman–Crippen MR) is 91.6 cm³/mol. The Labute approximate surface area is 146 Å². The number of carbonyl (C=O) groups excluding carboxylic acids is 1. The Bertz CT molecular complexity index is 736. The Hall–Kier alpha value is -2.24. The highest BCUT2D eigenvalue weighted by Crippen LogP contribution is 2.33. The van der Waals surface area contributed by atoms with Gasteiger partial charge in [0.25, 0.3) is 5.91 Å². The molecule has 1 aliphatic heterocycles. The molecule has 2 heterocycles. The number of amides is 1. The number of rotatable bonds is 3. The minimum absolute atomic E-state index is 0.00655. The van der Waals surface area contributed by atoms with Crippen LogP contribution in [-0.4, -0.2) is 32.3 Å². The molecule has 6 heteroatoms. The zero-order valence-corrected chi connectivity index (χ0v) is 14.3. The molecule has 1 amide bonds. The van der Waals surface area contributed by atoms with E-state index in [1.165, 1.54) is 31.4 Å². The van der Waals surface area contributed by atoms with Crippen molar-refractivity contribution in [3.8, 4) is 0 Å². The molecule has 4 rings (SSSR count). The van der Waals surface area contributed by atoms with Crippen molar-refractivity contribution in [1.29, 1.82) is 0 Å². The summed E-state index contributed by atoms with van der Waals surface area (Å²) in [6.45, 7) is 0.706. The molecule has 132 valence electrons. The monoisotopic (exact) mass is 342 g/mol. The largest absolute Gasteiger partial charge is 0.330 e. The van der Waals surface area contributed by atoms with E-state index in [1.54, 1.807) is 18.3 Å². The third kappa shape index (κ3) is 3.30. The van der Waals surface area contributed by atoms with Gasteiger partial charge in [-0.1, -0.05) is 36.6 Å². The zero-order valence-electron chi connectivity index (χ0n) is 14.3. The van der Waals surface area contributed by atoms with E-state index in [9.17, 15) is 9.18 Å². The average molecular weight is 342 g/mol. The van der Waals surface area contributed by atoms with Crippen molar-refractivity contribution in [2.45, 2.75) is 57.0 Å². The van der Waals surface area contributed by atoms with E-state index in [4.69, 9.17) is 0 Å². The maximum Gasteiger partial charge on any atom is 0.276 e. The summed E-state index contributed by atoms with van der Waals surface area (Å²) in [5.41, 5.74) is 1.39. The van der Waals surface area contributed by atoms with Gasteiger partial charge in [0.15, 0.2) is 5.69 Å². The van der Waals surface area contributed by atoms with E-state index in [-0.39, 0.29) is 17.8 Å². The van der Waals surface area contributed by atoms with Gasteiger partial charge in [-0.2, -0.15) is 0 Å². The van der Waals surface area contributed by atoms with Crippen molar-refractivity contribution >= 4 is 5.91 Å². The van der Waals surface area contributed by atoms with Crippen LogP contribution in [0.25, 0.3) is 0 Å². The van der Waals surface area contributed by atoms with Gasteiger partial charge in [0.05, 0.1) is 18.3 Å². The molecule has 2 aromatic rings. The second kappa shape index (κ2) is 6.94. The van der Waals surface area contributed by atoms with Crippen LogP contribution < -0.4 is 0 Å². The van der Waals surface area contributed by atoms with Crippen molar-refractivity contribution in [2.75, 3.05) is 6.54 Å². The fraction of sp³-hybridized carbons (Fsp3) is 0.526. The van der Waals surface area contributed by atoms with Crippen LogP contribution in [0.1, 0.15) is 73.1 Å². The zero-order chi connectivity index (χ0) is 17.2. The van der Waals surface area contributed by atoms with Gasteiger partial charge in [-0.05, 0) is 43.4 Å². The second-order valence-electron chi connectivity index (χ2n) is 7.08. The summed E-state index contributed by atoms with van der Waals surface area (Å²) in [6.07, 6.45) is 9.58. The van der Waals surface area contributed by atoms with E-state index in [2.05, 4.69) is 10.3 Å². The van der Waals surface area contributed by atoms with E-state index >= 15 is 0 Å². The summed E-state index contributed by atoms with van der Waals surface area (Å²) < 4.78 is 15.0. The van der Waals surface area contributed by atoms with Crippen molar-refractivity contribution in [3.05, 3.63) is 47.5 Å². The number of nitrogens with zero attached hydrogens (tertiary/aromatic N) is 4. The number of hydrogen-bond acceptors (Lipinski definition) is 3. The van der Waals surface area contributed by atoms with Gasteiger partial charge in [-0.15, -0.1) is 5.10 Å². The van der Waals surface area contributed by atoms with Crippen molar-refractivity contribution in [3.63, 3.8) is 0 Å². The summed E-state index contributed by atoms with van der Waals surface area (Å²) in [5.74, 6) is -0.330. The lowest BCUT2D eigenvalue weighted by atomic mass is 9.96. The molecule has 1 unspecified atom stereocenters. The van der Waals surface area contributed by atoms with Crippen molar-refractivity contribution in [2.24, 2.45) is 0 Å². The first kappa shape index (κ1) is 16.2. The van der Waals surface area contributed by atoms with Gasteiger partial charge >= 0.3 is 0 Å². The van der Waals surface area contributed by atoms with Crippen LogP contribution in [0.5, 0.6) is 0 Å². The number of aromatic nitrogens is 3. The van der Waals surface area contributed by atoms with Crippen molar-refractivity contribution < 1.29 is 9.18 Å². The number of likely N-dealkylation sites (tertiary alicyclic amines) is 1. The smallest absolute Gasteiger partial charge is 0.276 e. The predicted octanol–water partition coefficient (Wildman–Crippen LogP) is 3.90. The Morgan fingerprint density at radius 2 is 1.80 bits per heavy atom.